The van der Waals surface area contributed by atoms with Crippen LogP contribution in [-0.2, 0) is 9.53 Å². The van der Waals surface area contributed by atoms with Gasteiger partial charge in [-0.25, -0.2) is 4.39 Å². The van der Waals surface area contributed by atoms with Gasteiger partial charge in [-0.05, 0) is 6.92 Å². The highest BCUT2D eigenvalue weighted by molar-refractivity contribution is 5.59. The van der Waals surface area contributed by atoms with Crippen LogP contribution in [0.1, 0.15) is 6.92 Å². The highest BCUT2D eigenvalue weighted by Gasteiger charge is 2.53. The second kappa shape index (κ2) is 3.08. The van der Waals surface area contributed by atoms with E-state index in [0.29, 0.717) is 6.29 Å². The van der Waals surface area contributed by atoms with Gasteiger partial charge < -0.3 is 19.7 Å². The number of carbonyl (C=O) groups is 1. The van der Waals surface area contributed by atoms with Gasteiger partial charge in [0, 0.05) is 0 Å². The SMILES string of the molecule is CC1(F)C(C=O)OC(CO)C1O. The minimum absolute atomic E-state index is 0.291. The van der Waals surface area contributed by atoms with Gasteiger partial charge in [0.05, 0.1) is 6.61 Å². The molecule has 0 aliphatic carbocycles. The van der Waals surface area contributed by atoms with Crippen molar-refractivity contribution in [3.63, 3.8) is 0 Å². The molecule has 12 heavy (non-hydrogen) atoms. The number of alkyl halides is 1. The molecule has 4 nitrogen and oxygen atoms in total. The summed E-state index contributed by atoms with van der Waals surface area (Å²) in [7, 11) is 0. The van der Waals surface area contributed by atoms with Crippen LogP contribution < -0.4 is 0 Å². The number of aldehydes is 1. The van der Waals surface area contributed by atoms with Crippen molar-refractivity contribution in [1.29, 1.82) is 0 Å². The van der Waals surface area contributed by atoms with Crippen molar-refractivity contribution in [2.45, 2.75) is 30.9 Å². The second-order valence-corrected chi connectivity index (χ2v) is 3.01. The van der Waals surface area contributed by atoms with Crippen molar-refractivity contribution in [2.75, 3.05) is 6.61 Å². The summed E-state index contributed by atoms with van der Waals surface area (Å²) < 4.78 is 18.1. The number of rotatable bonds is 2. The molecule has 1 rings (SSSR count). The Hall–Kier alpha value is -0.520. The highest BCUT2D eigenvalue weighted by Crippen LogP contribution is 2.33. The molecule has 0 amide bonds. The van der Waals surface area contributed by atoms with Gasteiger partial charge in [0.2, 0.25) is 0 Å². The van der Waals surface area contributed by atoms with Crippen molar-refractivity contribution in [2.24, 2.45) is 0 Å². The van der Waals surface area contributed by atoms with E-state index in [2.05, 4.69) is 0 Å². The Labute approximate surface area is 69.0 Å². The molecule has 0 aromatic carbocycles. The van der Waals surface area contributed by atoms with Crippen LogP contribution in [0.25, 0.3) is 0 Å². The monoisotopic (exact) mass is 178 g/mol. The van der Waals surface area contributed by atoms with Gasteiger partial charge in [-0.15, -0.1) is 0 Å². The van der Waals surface area contributed by atoms with Gasteiger partial charge >= 0.3 is 0 Å². The van der Waals surface area contributed by atoms with E-state index in [1.54, 1.807) is 0 Å². The van der Waals surface area contributed by atoms with Gasteiger partial charge in [-0.1, -0.05) is 0 Å². The number of aliphatic hydroxyl groups excluding tert-OH is 2. The van der Waals surface area contributed by atoms with Crippen LogP contribution in [0.2, 0.25) is 0 Å². The molecule has 1 aliphatic rings. The molecule has 0 radical (unpaired) electrons. The average Bonchev–Trinajstić information content (AvgIpc) is 2.25. The first kappa shape index (κ1) is 9.57. The molecule has 4 atom stereocenters. The number of halogens is 1. The van der Waals surface area contributed by atoms with Crippen LogP contribution in [0.5, 0.6) is 0 Å². The minimum Gasteiger partial charge on any atom is -0.394 e. The Kier molecular flexibility index (Phi) is 2.46. The predicted octanol–water partition coefficient (Wildman–Crippen LogP) is -0.966. The maximum Gasteiger partial charge on any atom is 0.169 e. The quantitative estimate of drug-likeness (QED) is 0.534. The first-order valence-electron chi connectivity index (χ1n) is 3.62. The predicted molar refractivity (Wildman–Crippen MR) is 37.3 cm³/mol. The second-order valence-electron chi connectivity index (χ2n) is 3.01. The lowest BCUT2D eigenvalue weighted by Crippen LogP contribution is -2.42. The van der Waals surface area contributed by atoms with E-state index in [4.69, 9.17) is 9.84 Å². The van der Waals surface area contributed by atoms with E-state index in [1.165, 1.54) is 0 Å². The third kappa shape index (κ3) is 1.24. The van der Waals surface area contributed by atoms with Crippen molar-refractivity contribution in [1.82, 2.24) is 0 Å². The highest BCUT2D eigenvalue weighted by atomic mass is 19.1. The van der Waals surface area contributed by atoms with E-state index >= 15 is 0 Å². The molecule has 0 saturated carbocycles. The Morgan fingerprint density at radius 2 is 2.33 bits per heavy atom. The standard InChI is InChI=1S/C7H11FO4/c1-7(8)5(3-10)12-4(2-9)6(7)11/h3-6,9,11H,2H2,1H3. The maximum absolute atomic E-state index is 13.4. The van der Waals surface area contributed by atoms with Crippen molar-refractivity contribution < 1.29 is 24.1 Å². The molecule has 5 heteroatoms. The lowest BCUT2D eigenvalue weighted by Gasteiger charge is -2.19. The average molecular weight is 178 g/mol. The Bertz CT molecular complexity index is 182. The van der Waals surface area contributed by atoms with Gasteiger partial charge in [0.1, 0.15) is 18.3 Å². The number of hydrogen-bond acceptors (Lipinski definition) is 4. The zero-order valence-electron chi connectivity index (χ0n) is 6.61. The zero-order chi connectivity index (χ0) is 9.35. The molecular formula is C7H11FO4. The molecule has 70 valence electrons. The first-order chi connectivity index (χ1) is 5.54. The normalized spacial score (nSPS) is 47.8. The number of aliphatic hydroxyl groups is 2. The Balaban J connectivity index is 2.79. The van der Waals surface area contributed by atoms with Crippen LogP contribution in [0.15, 0.2) is 0 Å². The molecule has 0 aromatic heterocycles. The molecule has 1 fully saturated rings. The summed E-state index contributed by atoms with van der Waals surface area (Å²) in [5.74, 6) is 0. The van der Waals surface area contributed by atoms with Crippen molar-refractivity contribution in [3.05, 3.63) is 0 Å². The third-order valence-electron chi connectivity index (χ3n) is 2.11. The molecule has 1 heterocycles. The molecule has 0 spiro atoms. The number of hydrogen-bond donors (Lipinski definition) is 2. The molecule has 2 N–H and O–H groups in total. The molecule has 0 bridgehead atoms. The third-order valence-corrected chi connectivity index (χ3v) is 2.11. The van der Waals surface area contributed by atoms with Crippen LogP contribution in [0.3, 0.4) is 0 Å². The molecule has 0 aromatic rings. The fraction of sp³-hybridized carbons (Fsp3) is 0.857. The Morgan fingerprint density at radius 3 is 2.58 bits per heavy atom. The first-order valence-corrected chi connectivity index (χ1v) is 3.62. The lowest BCUT2D eigenvalue weighted by molar-refractivity contribution is -0.122. The zero-order valence-corrected chi connectivity index (χ0v) is 6.61. The fourth-order valence-corrected chi connectivity index (χ4v) is 1.24. The lowest BCUT2D eigenvalue weighted by atomic mass is 9.96. The maximum atomic E-state index is 13.4. The minimum atomic E-state index is -2.10. The van der Waals surface area contributed by atoms with Crippen LogP contribution in [0, 0.1) is 0 Å². The van der Waals surface area contributed by atoms with Crippen LogP contribution >= 0.6 is 0 Å². The van der Waals surface area contributed by atoms with Crippen molar-refractivity contribution in [3.8, 4) is 0 Å². The number of carbonyl (C=O) groups excluding carboxylic acids is 1. The van der Waals surface area contributed by atoms with E-state index in [0.717, 1.165) is 6.92 Å². The van der Waals surface area contributed by atoms with Gasteiger partial charge in [-0.3, -0.25) is 0 Å². The summed E-state index contributed by atoms with van der Waals surface area (Å²) in [6.45, 7) is 0.581. The van der Waals surface area contributed by atoms with E-state index in [1.807, 2.05) is 0 Å². The van der Waals surface area contributed by atoms with E-state index in [9.17, 15) is 14.3 Å². The number of ether oxygens (including phenoxy) is 1. The summed E-state index contributed by atoms with van der Waals surface area (Å²) in [5.41, 5.74) is -2.10. The van der Waals surface area contributed by atoms with Crippen LogP contribution in [-0.4, -0.2) is 47.1 Å². The summed E-state index contributed by atoms with van der Waals surface area (Å²) in [4.78, 5) is 10.3. The molecule has 1 saturated heterocycles. The van der Waals surface area contributed by atoms with E-state index < -0.39 is 30.6 Å². The smallest absolute Gasteiger partial charge is 0.169 e. The summed E-state index contributed by atoms with van der Waals surface area (Å²) in [6, 6.07) is 0. The summed E-state index contributed by atoms with van der Waals surface area (Å²) in [5, 5.41) is 17.8. The van der Waals surface area contributed by atoms with Crippen molar-refractivity contribution >= 4 is 6.29 Å². The molecule has 4 unspecified atom stereocenters. The Morgan fingerprint density at radius 1 is 1.75 bits per heavy atom. The summed E-state index contributed by atoms with van der Waals surface area (Å²) >= 11 is 0. The largest absolute Gasteiger partial charge is 0.394 e. The van der Waals surface area contributed by atoms with Gasteiger partial charge in [0.15, 0.2) is 12.0 Å². The topological polar surface area (TPSA) is 66.8 Å². The summed E-state index contributed by atoms with van der Waals surface area (Å²) in [6.07, 6.45) is -3.45. The van der Waals surface area contributed by atoms with Gasteiger partial charge in [-0.2, -0.15) is 0 Å². The van der Waals surface area contributed by atoms with Gasteiger partial charge in [0.25, 0.3) is 0 Å². The van der Waals surface area contributed by atoms with E-state index in [-0.39, 0.29) is 0 Å². The molecule has 1 aliphatic heterocycles. The van der Waals surface area contributed by atoms with Crippen LogP contribution in [0.4, 0.5) is 4.39 Å². The fourth-order valence-electron chi connectivity index (χ4n) is 1.24. The molecular weight excluding hydrogens is 167 g/mol.